The number of rotatable bonds is 6. The molecule has 2 aromatic heterocycles. The maximum absolute atomic E-state index is 13.2. The average molecular weight is 420 g/mol. The van der Waals surface area contributed by atoms with Gasteiger partial charge < -0.3 is 10.1 Å². The number of hydrogen-bond donors (Lipinski definition) is 1. The molecule has 4 rings (SSSR count). The highest BCUT2D eigenvalue weighted by Gasteiger charge is 2.17. The summed E-state index contributed by atoms with van der Waals surface area (Å²) in [7, 11) is 0. The molecule has 2 heterocycles. The first-order chi connectivity index (χ1) is 14.6. The first kappa shape index (κ1) is 19.8. The fourth-order valence-electron chi connectivity index (χ4n) is 3.36. The summed E-state index contributed by atoms with van der Waals surface area (Å²) in [5.41, 5.74) is 2.28. The number of aromatic nitrogens is 2. The van der Waals surface area contributed by atoms with E-state index in [1.54, 1.807) is 24.3 Å². The Labute approximate surface area is 177 Å². The quantitative estimate of drug-likeness (QED) is 0.500. The topological polar surface area (TPSA) is 73.2 Å². The monoisotopic (exact) mass is 419 g/mol. The van der Waals surface area contributed by atoms with Gasteiger partial charge >= 0.3 is 0 Å². The highest BCUT2D eigenvalue weighted by Crippen LogP contribution is 2.35. The van der Waals surface area contributed by atoms with Gasteiger partial charge in [-0.25, -0.2) is 4.98 Å². The predicted molar refractivity (Wildman–Crippen MR) is 120 cm³/mol. The van der Waals surface area contributed by atoms with Crippen LogP contribution >= 0.6 is 11.3 Å². The Morgan fingerprint density at radius 1 is 1.13 bits per heavy atom. The van der Waals surface area contributed by atoms with Crippen molar-refractivity contribution < 1.29 is 9.53 Å². The Morgan fingerprint density at radius 2 is 1.87 bits per heavy atom. The number of benzene rings is 2. The summed E-state index contributed by atoms with van der Waals surface area (Å²) in [5.74, 6) is 0.443. The molecule has 4 aromatic rings. The Bertz CT molecular complexity index is 1240. The summed E-state index contributed by atoms with van der Waals surface area (Å²) in [6.45, 7) is 4.36. The van der Waals surface area contributed by atoms with Crippen molar-refractivity contribution in [1.82, 2.24) is 9.55 Å². The number of amides is 1. The molecule has 6 nitrogen and oxygen atoms in total. The molecule has 0 saturated heterocycles. The maximum atomic E-state index is 13.2. The molecule has 0 unspecified atom stereocenters. The molecule has 0 saturated carbocycles. The van der Waals surface area contributed by atoms with E-state index in [2.05, 4.69) is 10.3 Å². The average Bonchev–Trinajstić information content (AvgIpc) is 3.09. The van der Waals surface area contributed by atoms with Crippen LogP contribution in [0.1, 0.15) is 11.8 Å². The maximum Gasteiger partial charge on any atom is 0.263 e. The van der Waals surface area contributed by atoms with Gasteiger partial charge in [-0.1, -0.05) is 30.3 Å². The molecule has 30 heavy (non-hydrogen) atoms. The number of anilines is 1. The second kappa shape index (κ2) is 8.51. The highest BCUT2D eigenvalue weighted by molar-refractivity contribution is 7.19. The minimum atomic E-state index is -0.296. The molecule has 0 fully saturated rings. The lowest BCUT2D eigenvalue weighted by atomic mass is 10.0. The van der Waals surface area contributed by atoms with Crippen molar-refractivity contribution in [3.63, 3.8) is 0 Å². The molecule has 0 atom stereocenters. The number of ether oxygens (including phenoxy) is 1. The standard InChI is InChI=1S/C23H21N3O3S/c1-3-29-18-11-9-17(10-12-18)25-19(27)13-26-14-24-22-21(23(26)28)20(15(2)30-22)16-7-5-4-6-8-16/h4-12,14H,3,13H2,1-2H3,(H,25,27). The number of carbonyl (C=O) groups is 1. The number of hydrogen-bond acceptors (Lipinski definition) is 5. The van der Waals surface area contributed by atoms with E-state index in [9.17, 15) is 9.59 Å². The Hall–Kier alpha value is -3.45. The molecule has 0 radical (unpaired) electrons. The Kier molecular flexibility index (Phi) is 5.63. The van der Waals surface area contributed by atoms with Crippen molar-refractivity contribution in [2.75, 3.05) is 11.9 Å². The predicted octanol–water partition coefficient (Wildman–Crippen LogP) is 4.47. The van der Waals surface area contributed by atoms with Gasteiger partial charge in [-0.3, -0.25) is 14.2 Å². The summed E-state index contributed by atoms with van der Waals surface area (Å²) < 4.78 is 6.75. The van der Waals surface area contributed by atoms with E-state index in [0.29, 0.717) is 22.5 Å². The van der Waals surface area contributed by atoms with Crippen molar-refractivity contribution in [2.45, 2.75) is 20.4 Å². The van der Waals surface area contributed by atoms with E-state index >= 15 is 0 Å². The second-order valence-electron chi connectivity index (χ2n) is 6.76. The third kappa shape index (κ3) is 3.97. The summed E-state index contributed by atoms with van der Waals surface area (Å²) in [4.78, 5) is 31.8. The SMILES string of the molecule is CCOc1ccc(NC(=O)Cn2cnc3sc(C)c(-c4ccccc4)c3c2=O)cc1. The van der Waals surface area contributed by atoms with Crippen LogP contribution in [0.15, 0.2) is 65.7 Å². The van der Waals surface area contributed by atoms with E-state index in [4.69, 9.17) is 4.74 Å². The van der Waals surface area contributed by atoms with Gasteiger partial charge in [0.2, 0.25) is 5.91 Å². The molecule has 0 spiro atoms. The molecule has 7 heteroatoms. The van der Waals surface area contributed by atoms with Gasteiger partial charge in [-0.05, 0) is 43.7 Å². The molecule has 0 aliphatic carbocycles. The van der Waals surface area contributed by atoms with Crippen molar-refractivity contribution >= 4 is 33.1 Å². The molecular weight excluding hydrogens is 398 g/mol. The molecule has 2 aromatic carbocycles. The molecule has 0 bridgehead atoms. The smallest absolute Gasteiger partial charge is 0.263 e. The summed E-state index contributed by atoms with van der Waals surface area (Å²) in [6, 6.07) is 16.9. The number of nitrogens with zero attached hydrogens (tertiary/aromatic N) is 2. The van der Waals surface area contributed by atoms with Gasteiger partial charge in [0.05, 0.1) is 18.3 Å². The Balaban J connectivity index is 1.61. The second-order valence-corrected chi connectivity index (χ2v) is 7.97. The van der Waals surface area contributed by atoms with Crippen LogP contribution in [-0.2, 0) is 11.3 Å². The number of aryl methyl sites for hydroxylation is 1. The van der Waals surface area contributed by atoms with Crippen LogP contribution in [0.2, 0.25) is 0 Å². The van der Waals surface area contributed by atoms with E-state index in [-0.39, 0.29) is 18.0 Å². The van der Waals surface area contributed by atoms with Gasteiger partial charge in [0.25, 0.3) is 5.56 Å². The van der Waals surface area contributed by atoms with Gasteiger partial charge in [0, 0.05) is 16.1 Å². The third-order valence-corrected chi connectivity index (χ3v) is 5.69. The van der Waals surface area contributed by atoms with E-state index in [0.717, 1.165) is 21.8 Å². The Morgan fingerprint density at radius 3 is 2.57 bits per heavy atom. The minimum absolute atomic E-state index is 0.113. The molecule has 0 aliphatic rings. The number of carbonyl (C=O) groups excluding carboxylic acids is 1. The van der Waals surface area contributed by atoms with Crippen molar-refractivity contribution in [1.29, 1.82) is 0 Å². The number of fused-ring (bicyclic) bond motifs is 1. The largest absolute Gasteiger partial charge is 0.494 e. The fourth-order valence-corrected chi connectivity index (χ4v) is 4.36. The van der Waals surface area contributed by atoms with E-state index < -0.39 is 0 Å². The third-order valence-electron chi connectivity index (χ3n) is 4.68. The van der Waals surface area contributed by atoms with Crippen molar-refractivity contribution in [3.05, 3.63) is 76.2 Å². The zero-order chi connectivity index (χ0) is 21.1. The summed E-state index contributed by atoms with van der Waals surface area (Å²) in [6.07, 6.45) is 1.44. The van der Waals surface area contributed by atoms with Gasteiger partial charge in [-0.15, -0.1) is 11.3 Å². The minimum Gasteiger partial charge on any atom is -0.494 e. The molecule has 152 valence electrons. The van der Waals surface area contributed by atoms with Crippen LogP contribution in [0.3, 0.4) is 0 Å². The van der Waals surface area contributed by atoms with Gasteiger partial charge in [-0.2, -0.15) is 0 Å². The lowest BCUT2D eigenvalue weighted by Gasteiger charge is -2.09. The van der Waals surface area contributed by atoms with Crippen LogP contribution in [0.5, 0.6) is 5.75 Å². The van der Waals surface area contributed by atoms with Gasteiger partial charge in [0.15, 0.2) is 0 Å². The zero-order valence-corrected chi connectivity index (χ0v) is 17.5. The van der Waals surface area contributed by atoms with Crippen LogP contribution in [0.4, 0.5) is 5.69 Å². The van der Waals surface area contributed by atoms with Crippen molar-refractivity contribution in [2.24, 2.45) is 0 Å². The summed E-state index contributed by atoms with van der Waals surface area (Å²) >= 11 is 1.49. The fraction of sp³-hybridized carbons (Fsp3) is 0.174. The lowest BCUT2D eigenvalue weighted by molar-refractivity contribution is -0.116. The lowest BCUT2D eigenvalue weighted by Crippen LogP contribution is -2.27. The first-order valence-corrected chi connectivity index (χ1v) is 10.4. The van der Waals surface area contributed by atoms with Gasteiger partial charge in [0.1, 0.15) is 17.1 Å². The number of nitrogens with one attached hydrogen (secondary N) is 1. The van der Waals surface area contributed by atoms with Crippen LogP contribution in [0, 0.1) is 6.92 Å². The summed E-state index contributed by atoms with van der Waals surface area (Å²) in [5, 5.41) is 3.36. The molecule has 1 N–H and O–H groups in total. The number of thiophene rings is 1. The van der Waals surface area contributed by atoms with Crippen LogP contribution in [0.25, 0.3) is 21.3 Å². The zero-order valence-electron chi connectivity index (χ0n) is 16.7. The molecular formula is C23H21N3O3S. The first-order valence-electron chi connectivity index (χ1n) is 9.63. The molecule has 1 amide bonds. The van der Waals surface area contributed by atoms with Crippen LogP contribution < -0.4 is 15.6 Å². The van der Waals surface area contributed by atoms with E-state index in [1.807, 2.05) is 44.2 Å². The normalized spacial score (nSPS) is 10.9. The van der Waals surface area contributed by atoms with Crippen molar-refractivity contribution in [3.8, 4) is 16.9 Å². The van der Waals surface area contributed by atoms with E-state index in [1.165, 1.54) is 22.2 Å². The van der Waals surface area contributed by atoms with Crippen LogP contribution in [-0.4, -0.2) is 22.1 Å². The molecule has 0 aliphatic heterocycles. The highest BCUT2D eigenvalue weighted by atomic mass is 32.1.